The number of ether oxygens (including phenoxy) is 4. The van der Waals surface area contributed by atoms with Gasteiger partial charge in [0.2, 0.25) is 0 Å². The molecule has 0 N–H and O–H groups in total. The third kappa shape index (κ3) is 10.2. The minimum absolute atomic E-state index is 0.138. The molecule has 0 radical (unpaired) electrons. The van der Waals surface area contributed by atoms with Gasteiger partial charge in [0.25, 0.3) is 0 Å². The zero-order chi connectivity index (χ0) is 45.0. The molecule has 0 spiro atoms. The maximum Gasteiger partial charge on any atom is 0.453 e. The van der Waals surface area contributed by atoms with Crippen LogP contribution in [0.2, 0.25) is 0 Å². The summed E-state index contributed by atoms with van der Waals surface area (Å²) in [4.78, 5) is 0. The fourth-order valence-electron chi connectivity index (χ4n) is 7.13. The van der Waals surface area contributed by atoms with E-state index in [0.717, 1.165) is 33.0 Å². The Morgan fingerprint density at radius 3 is 1.26 bits per heavy atom. The van der Waals surface area contributed by atoms with Crippen molar-refractivity contribution in [1.29, 1.82) is 0 Å². The number of rotatable bonds is 10. The standard InChI is InChI=1S/C48H63IO10P2/c1-44(2,3)36-22-28(50-14)18-32(40(36)56-60-54-26-47(10,11)27-55-60)33-19-29(51-15)23-37(45(4,5)6)41(33)57-61-58-42-34(20-30(52-16)24-38(42)46(7,8)9)35-21-31(53-17)25-39(43(35)59-61)48(12,13)49/h18-25H,26-27H2,1-17H3. The SMILES string of the molecule is COc1cc(-c2cc(OC)cc(C(C)(C)C)c2Op2oc3c(C(C)(C)C)cc(OC)cc3c3cc(OC)cc(C(C)(C)I)c3o2)c(OP2OCC(C)(C)CO2)c(C(C)(C)C)c1. The van der Waals surface area contributed by atoms with Gasteiger partial charge in [0, 0.05) is 53.0 Å². The summed E-state index contributed by atoms with van der Waals surface area (Å²) in [7, 11) is 2.75. The monoisotopic (exact) mass is 988 g/mol. The minimum atomic E-state index is -2.21. The fourth-order valence-corrected chi connectivity index (χ4v) is 10.1. The van der Waals surface area contributed by atoms with Gasteiger partial charge in [0.1, 0.15) is 45.7 Å². The van der Waals surface area contributed by atoms with Gasteiger partial charge in [0.05, 0.1) is 41.7 Å². The van der Waals surface area contributed by atoms with E-state index in [4.69, 9.17) is 45.4 Å². The molecule has 1 aliphatic heterocycles. The van der Waals surface area contributed by atoms with Gasteiger partial charge in [-0.25, -0.2) is 0 Å². The van der Waals surface area contributed by atoms with Gasteiger partial charge in [0.15, 0.2) is 0 Å². The molecule has 6 rings (SSSR count). The van der Waals surface area contributed by atoms with Crippen molar-refractivity contribution < 1.29 is 45.4 Å². The molecule has 0 amide bonds. The van der Waals surface area contributed by atoms with Crippen LogP contribution in [-0.2, 0) is 28.7 Å². The van der Waals surface area contributed by atoms with Gasteiger partial charge in [-0.05, 0) is 78.6 Å². The highest BCUT2D eigenvalue weighted by Gasteiger charge is 2.36. The zero-order valence-electron chi connectivity index (χ0n) is 38.9. The Labute approximate surface area is 378 Å². The van der Waals surface area contributed by atoms with Crippen LogP contribution in [0, 0.1) is 5.41 Å². The largest absolute Gasteiger partial charge is 0.497 e. The maximum atomic E-state index is 7.36. The summed E-state index contributed by atoms with van der Waals surface area (Å²) in [5, 5.41) is 1.63. The molecule has 0 saturated carbocycles. The predicted octanol–water partition coefficient (Wildman–Crippen LogP) is 15.1. The van der Waals surface area contributed by atoms with E-state index in [2.05, 4.69) is 113 Å². The summed E-state index contributed by atoms with van der Waals surface area (Å²) in [6, 6.07) is 16.1. The molecule has 1 fully saturated rings. The lowest BCUT2D eigenvalue weighted by molar-refractivity contribution is 0.0425. The second-order valence-electron chi connectivity index (χ2n) is 20.0. The molecule has 2 heterocycles. The van der Waals surface area contributed by atoms with Gasteiger partial charge in [-0.3, -0.25) is 0 Å². The van der Waals surface area contributed by atoms with Crippen molar-refractivity contribution in [2.75, 3.05) is 41.7 Å². The average molecular weight is 989 g/mol. The molecular weight excluding hydrogens is 925 g/mol. The quantitative estimate of drug-likeness (QED) is 0.0764. The third-order valence-corrected chi connectivity index (χ3v) is 13.2. The summed E-state index contributed by atoms with van der Waals surface area (Å²) < 4.78 is 64.5. The van der Waals surface area contributed by atoms with Crippen molar-refractivity contribution in [1.82, 2.24) is 0 Å². The van der Waals surface area contributed by atoms with Crippen LogP contribution >= 0.6 is 39.4 Å². The summed E-state index contributed by atoms with van der Waals surface area (Å²) in [5.41, 5.74) is 5.04. The van der Waals surface area contributed by atoms with Crippen molar-refractivity contribution in [2.45, 2.75) is 110 Å². The zero-order valence-corrected chi connectivity index (χ0v) is 42.8. The Balaban J connectivity index is 1.77. The molecule has 4 aromatic carbocycles. The number of alkyl halides is 1. The number of hydrogen-bond acceptors (Lipinski definition) is 10. The van der Waals surface area contributed by atoms with Gasteiger partial charge in [-0.2, -0.15) is 0 Å². The number of fused-ring (bicyclic) bond motifs is 3. The Kier molecular flexibility index (Phi) is 13.4. The molecule has 0 bridgehead atoms. The Bertz CT molecular complexity index is 2370. The van der Waals surface area contributed by atoms with Gasteiger partial charge >= 0.3 is 16.8 Å². The molecule has 1 atom stereocenters. The third-order valence-electron chi connectivity index (χ3n) is 10.6. The average Bonchev–Trinajstić information content (AvgIpc) is 3.32. The highest BCUT2D eigenvalue weighted by molar-refractivity contribution is 14.1. The van der Waals surface area contributed by atoms with E-state index in [9.17, 15) is 0 Å². The Morgan fingerprint density at radius 2 is 0.869 bits per heavy atom. The van der Waals surface area contributed by atoms with Crippen molar-refractivity contribution in [3.8, 4) is 45.6 Å². The van der Waals surface area contributed by atoms with Crippen LogP contribution in [0.4, 0.5) is 0 Å². The highest BCUT2D eigenvalue weighted by atomic mass is 127. The number of halogens is 1. The number of hydrogen-bond donors (Lipinski definition) is 0. The molecule has 1 saturated heterocycles. The normalized spacial score (nSPS) is 15.5. The maximum absolute atomic E-state index is 7.36. The fraction of sp³-hybridized carbons (Fsp3) is 0.500. The van der Waals surface area contributed by atoms with Crippen LogP contribution < -0.4 is 28.0 Å². The topological polar surface area (TPSA) is 100 Å². The van der Waals surface area contributed by atoms with Crippen LogP contribution in [0.5, 0.6) is 34.5 Å². The van der Waals surface area contributed by atoms with E-state index in [0.29, 0.717) is 70.0 Å². The van der Waals surface area contributed by atoms with E-state index in [1.54, 1.807) is 28.4 Å². The van der Waals surface area contributed by atoms with Crippen molar-refractivity contribution in [3.63, 3.8) is 0 Å². The van der Waals surface area contributed by atoms with Crippen LogP contribution in [0.15, 0.2) is 56.9 Å². The first kappa shape index (κ1) is 47.1. The van der Waals surface area contributed by atoms with Crippen molar-refractivity contribution in [3.05, 3.63) is 70.8 Å². The lowest BCUT2D eigenvalue weighted by atomic mass is 9.81. The summed E-state index contributed by atoms with van der Waals surface area (Å²) >= 11 is 2.45. The molecule has 1 aromatic heterocycles. The summed E-state index contributed by atoms with van der Waals surface area (Å²) in [5.74, 6) is 3.85. The second kappa shape index (κ2) is 17.3. The van der Waals surface area contributed by atoms with Crippen molar-refractivity contribution in [2.24, 2.45) is 5.41 Å². The van der Waals surface area contributed by atoms with Crippen LogP contribution in [-0.4, -0.2) is 41.7 Å². The molecule has 13 heteroatoms. The second-order valence-corrected chi connectivity index (χ2v) is 24.8. The molecule has 0 aliphatic carbocycles. The molecular formula is C48H63IO10P2. The van der Waals surface area contributed by atoms with Crippen LogP contribution in [0.1, 0.15) is 112 Å². The van der Waals surface area contributed by atoms with E-state index in [1.807, 2.05) is 48.5 Å². The van der Waals surface area contributed by atoms with Crippen LogP contribution in [0.25, 0.3) is 33.1 Å². The minimum Gasteiger partial charge on any atom is -0.497 e. The molecule has 1 unspecified atom stereocenters. The first-order valence-electron chi connectivity index (χ1n) is 20.5. The van der Waals surface area contributed by atoms with Gasteiger partial charge in [-0.15, -0.1) is 0 Å². The van der Waals surface area contributed by atoms with E-state index in [-0.39, 0.29) is 19.7 Å². The van der Waals surface area contributed by atoms with Gasteiger partial charge < -0.3 is 45.4 Å². The molecule has 61 heavy (non-hydrogen) atoms. The van der Waals surface area contributed by atoms with Crippen molar-refractivity contribution >= 4 is 61.4 Å². The Hall–Kier alpha value is -3.34. The lowest BCUT2D eigenvalue weighted by Gasteiger charge is -2.34. The molecule has 10 nitrogen and oxygen atoms in total. The summed E-state index contributed by atoms with van der Waals surface area (Å²) in [6.07, 6.45) is 0. The molecule has 5 aromatic rings. The highest BCUT2D eigenvalue weighted by Crippen LogP contribution is 2.56. The van der Waals surface area contributed by atoms with E-state index < -0.39 is 22.3 Å². The lowest BCUT2D eigenvalue weighted by Crippen LogP contribution is -2.29. The molecule has 332 valence electrons. The first-order valence-corrected chi connectivity index (χ1v) is 23.7. The number of methoxy groups -OCH3 is 4. The molecule has 1 aliphatic rings. The van der Waals surface area contributed by atoms with Gasteiger partial charge in [-0.1, -0.05) is 98.8 Å². The predicted molar refractivity (Wildman–Crippen MR) is 257 cm³/mol. The van der Waals surface area contributed by atoms with Crippen LogP contribution in [0.3, 0.4) is 0 Å². The van der Waals surface area contributed by atoms with E-state index in [1.165, 1.54) is 0 Å². The summed E-state index contributed by atoms with van der Waals surface area (Å²) in [6.45, 7) is 28.9. The first-order chi connectivity index (χ1) is 28.3. The smallest absolute Gasteiger partial charge is 0.453 e. The van der Waals surface area contributed by atoms with E-state index >= 15 is 0 Å². The Morgan fingerprint density at radius 1 is 0.508 bits per heavy atom. The number of benzene rings is 4.